The van der Waals surface area contributed by atoms with E-state index >= 15 is 0 Å². The number of rotatable bonds is 30. The summed E-state index contributed by atoms with van der Waals surface area (Å²) in [4.78, 5) is 12.3. The number of allylic oxidation sites excluding steroid dienone is 8. The van der Waals surface area contributed by atoms with Gasteiger partial charge in [-0.15, -0.1) is 0 Å². The third-order valence-corrected chi connectivity index (χ3v) is 7.66. The maximum atomic E-state index is 12.3. The molecule has 244 valence electrons. The molecule has 0 aromatic heterocycles. The molecule has 0 bridgehead atoms. The fourth-order valence-electron chi connectivity index (χ4n) is 4.87. The van der Waals surface area contributed by atoms with Crippen molar-refractivity contribution in [3.05, 3.63) is 48.6 Å². The molecule has 0 aromatic rings. The van der Waals surface area contributed by atoms with Crippen molar-refractivity contribution in [3.63, 3.8) is 0 Å². The lowest BCUT2D eigenvalue weighted by Crippen LogP contribution is -2.50. The molecular formula is C37H67NO4. The molecule has 3 unspecified atom stereocenters. The van der Waals surface area contributed by atoms with E-state index in [1.807, 2.05) is 0 Å². The van der Waals surface area contributed by atoms with Gasteiger partial charge in [-0.25, -0.2) is 0 Å². The van der Waals surface area contributed by atoms with Crippen LogP contribution in [0.5, 0.6) is 0 Å². The molecule has 5 nitrogen and oxygen atoms in total. The second-order valence-corrected chi connectivity index (χ2v) is 11.7. The highest BCUT2D eigenvalue weighted by molar-refractivity contribution is 5.76. The van der Waals surface area contributed by atoms with Gasteiger partial charge in [-0.1, -0.05) is 120 Å². The molecule has 3 atom stereocenters. The van der Waals surface area contributed by atoms with Gasteiger partial charge in [0.05, 0.1) is 18.8 Å². The average molecular weight is 590 g/mol. The standard InChI is InChI=1S/C37H67NO4/c1-3-5-7-9-11-13-15-17-18-20-22-24-26-28-30-32-36(41)38-34(33-39)37(42)35(40)31-29-27-25-23-21-19-16-14-12-10-8-6-4-2/h11,13-17,23,25,34-35,37,39-40,42H,3-10,12,18-22,24,26-33H2,1-2H3,(H,38,41)/b13-11-,16-14+,17-15-,25-23+. The fraction of sp³-hybridized carbons (Fsp3) is 0.757. The Morgan fingerprint density at radius 3 is 1.64 bits per heavy atom. The van der Waals surface area contributed by atoms with Gasteiger partial charge in [-0.3, -0.25) is 4.79 Å². The van der Waals surface area contributed by atoms with Gasteiger partial charge in [0, 0.05) is 6.42 Å². The largest absolute Gasteiger partial charge is 0.394 e. The molecule has 42 heavy (non-hydrogen) atoms. The van der Waals surface area contributed by atoms with Crippen LogP contribution >= 0.6 is 0 Å². The molecule has 5 heteroatoms. The smallest absolute Gasteiger partial charge is 0.220 e. The lowest BCUT2D eigenvalue weighted by Gasteiger charge is -2.26. The van der Waals surface area contributed by atoms with E-state index in [4.69, 9.17) is 0 Å². The Kier molecular flexibility index (Phi) is 30.9. The number of nitrogens with one attached hydrogen (secondary N) is 1. The topological polar surface area (TPSA) is 89.8 Å². The highest BCUT2D eigenvalue weighted by atomic mass is 16.3. The molecule has 0 aliphatic heterocycles. The number of carbonyl (C=O) groups excluding carboxylic acids is 1. The summed E-state index contributed by atoms with van der Waals surface area (Å²) >= 11 is 0. The van der Waals surface area contributed by atoms with E-state index < -0.39 is 18.2 Å². The van der Waals surface area contributed by atoms with Crippen LogP contribution in [0, 0.1) is 0 Å². The molecule has 0 aliphatic carbocycles. The Hall–Kier alpha value is -1.69. The first-order chi connectivity index (χ1) is 20.6. The molecule has 1 amide bonds. The third kappa shape index (κ3) is 27.2. The molecule has 4 N–H and O–H groups in total. The van der Waals surface area contributed by atoms with E-state index in [1.165, 1.54) is 77.0 Å². The second-order valence-electron chi connectivity index (χ2n) is 11.7. The maximum Gasteiger partial charge on any atom is 0.220 e. The Balaban J connectivity index is 3.83. The number of hydrogen-bond donors (Lipinski definition) is 4. The summed E-state index contributed by atoms with van der Waals surface area (Å²) in [6.45, 7) is 4.07. The van der Waals surface area contributed by atoms with Crippen LogP contribution in [0.15, 0.2) is 48.6 Å². The van der Waals surface area contributed by atoms with Crippen LogP contribution < -0.4 is 5.32 Å². The van der Waals surface area contributed by atoms with Gasteiger partial charge in [-0.2, -0.15) is 0 Å². The van der Waals surface area contributed by atoms with Gasteiger partial charge in [0.15, 0.2) is 0 Å². The maximum absolute atomic E-state index is 12.3. The second kappa shape index (κ2) is 32.2. The summed E-state index contributed by atoms with van der Waals surface area (Å²) in [7, 11) is 0. The number of unbranched alkanes of at least 4 members (excludes halogenated alkanes) is 15. The quantitative estimate of drug-likeness (QED) is 0.0382. The van der Waals surface area contributed by atoms with Gasteiger partial charge >= 0.3 is 0 Å². The van der Waals surface area contributed by atoms with Crippen molar-refractivity contribution in [1.82, 2.24) is 5.32 Å². The Bertz CT molecular complexity index is 700. The minimum Gasteiger partial charge on any atom is -0.394 e. The van der Waals surface area contributed by atoms with Gasteiger partial charge in [0.1, 0.15) is 6.10 Å². The zero-order chi connectivity index (χ0) is 30.9. The lowest BCUT2D eigenvalue weighted by atomic mass is 10.0. The van der Waals surface area contributed by atoms with Crippen molar-refractivity contribution in [2.45, 2.75) is 173 Å². The lowest BCUT2D eigenvalue weighted by molar-refractivity contribution is -0.124. The van der Waals surface area contributed by atoms with Crippen LogP contribution in [0.25, 0.3) is 0 Å². The van der Waals surface area contributed by atoms with Gasteiger partial charge in [-0.05, 0) is 77.0 Å². The molecule has 0 rings (SSSR count). The van der Waals surface area contributed by atoms with Gasteiger partial charge < -0.3 is 20.6 Å². The van der Waals surface area contributed by atoms with Crippen molar-refractivity contribution < 1.29 is 20.1 Å². The molecule has 0 radical (unpaired) electrons. The fourth-order valence-corrected chi connectivity index (χ4v) is 4.87. The molecular weight excluding hydrogens is 522 g/mol. The number of amides is 1. The van der Waals surface area contributed by atoms with E-state index in [1.54, 1.807) is 0 Å². The zero-order valence-corrected chi connectivity index (χ0v) is 27.4. The summed E-state index contributed by atoms with van der Waals surface area (Å²) in [6.07, 6.45) is 39.1. The van der Waals surface area contributed by atoms with E-state index in [-0.39, 0.29) is 12.5 Å². The van der Waals surface area contributed by atoms with Gasteiger partial charge in [0.2, 0.25) is 5.91 Å². The van der Waals surface area contributed by atoms with Crippen molar-refractivity contribution in [1.29, 1.82) is 0 Å². The van der Waals surface area contributed by atoms with Crippen LogP contribution in [-0.4, -0.2) is 46.1 Å². The molecule has 0 aliphatic rings. The van der Waals surface area contributed by atoms with Crippen LogP contribution in [0.4, 0.5) is 0 Å². The Morgan fingerprint density at radius 1 is 0.595 bits per heavy atom. The highest BCUT2D eigenvalue weighted by Crippen LogP contribution is 2.12. The summed E-state index contributed by atoms with van der Waals surface area (Å²) in [6, 6.07) is -0.837. The van der Waals surface area contributed by atoms with Crippen molar-refractivity contribution in [2.75, 3.05) is 6.61 Å². The SMILES string of the molecule is CCCCC/C=C\C=C/CCCCCCCCC(=O)NC(CO)C(O)C(O)CCC/C=C/CC/C=C/CCCCCC. The van der Waals surface area contributed by atoms with Gasteiger partial charge in [0.25, 0.3) is 0 Å². The van der Waals surface area contributed by atoms with E-state index in [9.17, 15) is 20.1 Å². The van der Waals surface area contributed by atoms with Crippen molar-refractivity contribution >= 4 is 5.91 Å². The Labute approximate surface area is 259 Å². The minimum atomic E-state index is -1.17. The minimum absolute atomic E-state index is 0.175. The van der Waals surface area contributed by atoms with Crippen LogP contribution in [0.3, 0.4) is 0 Å². The average Bonchev–Trinajstić information content (AvgIpc) is 2.99. The predicted molar refractivity (Wildman–Crippen MR) is 181 cm³/mol. The number of hydrogen-bond acceptors (Lipinski definition) is 4. The first-order valence-electron chi connectivity index (χ1n) is 17.4. The normalized spacial score (nSPS) is 14.5. The molecule has 0 aromatic carbocycles. The van der Waals surface area contributed by atoms with Crippen LogP contribution in [0.2, 0.25) is 0 Å². The molecule has 0 saturated carbocycles. The molecule has 0 saturated heterocycles. The van der Waals surface area contributed by atoms with Crippen molar-refractivity contribution in [3.8, 4) is 0 Å². The highest BCUT2D eigenvalue weighted by Gasteiger charge is 2.26. The van der Waals surface area contributed by atoms with Crippen LogP contribution in [-0.2, 0) is 4.79 Å². The number of aliphatic hydroxyl groups is 3. The molecule has 0 spiro atoms. The molecule has 0 fully saturated rings. The summed E-state index contributed by atoms with van der Waals surface area (Å²) in [5.74, 6) is -0.175. The van der Waals surface area contributed by atoms with E-state index in [0.29, 0.717) is 12.8 Å². The summed E-state index contributed by atoms with van der Waals surface area (Å²) in [5, 5.41) is 33.2. The first kappa shape index (κ1) is 40.3. The third-order valence-electron chi connectivity index (χ3n) is 7.66. The summed E-state index contributed by atoms with van der Waals surface area (Å²) in [5.41, 5.74) is 0. The Morgan fingerprint density at radius 2 is 1.05 bits per heavy atom. The predicted octanol–water partition coefficient (Wildman–Crippen LogP) is 9.03. The summed E-state index contributed by atoms with van der Waals surface area (Å²) < 4.78 is 0. The number of aliphatic hydroxyl groups excluding tert-OH is 3. The first-order valence-corrected chi connectivity index (χ1v) is 17.4. The van der Waals surface area contributed by atoms with Crippen LogP contribution in [0.1, 0.15) is 155 Å². The van der Waals surface area contributed by atoms with E-state index in [2.05, 4.69) is 67.8 Å². The molecule has 0 heterocycles. The van der Waals surface area contributed by atoms with E-state index in [0.717, 1.165) is 51.4 Å². The van der Waals surface area contributed by atoms with Crippen molar-refractivity contribution in [2.24, 2.45) is 0 Å². The number of carbonyl (C=O) groups is 1. The zero-order valence-electron chi connectivity index (χ0n) is 27.4. The monoisotopic (exact) mass is 590 g/mol.